The van der Waals surface area contributed by atoms with Crippen LogP contribution in [-0.2, 0) is 40.6 Å². The molecule has 0 heterocycles. The van der Waals surface area contributed by atoms with Crippen molar-refractivity contribution >= 4 is 36.0 Å². The van der Waals surface area contributed by atoms with Gasteiger partial charge in [-0.3, -0.25) is 9.59 Å². The Morgan fingerprint density at radius 3 is 1.45 bits per heavy atom. The van der Waals surface area contributed by atoms with E-state index >= 15 is 0 Å². The molecule has 0 aromatic heterocycles. The number of benzene rings is 4. The number of carboxylic acids is 2. The number of hydrogen-bond acceptors (Lipinski definition) is 12. The quantitative estimate of drug-likeness (QED) is 0.0141. The van der Waals surface area contributed by atoms with Crippen molar-refractivity contribution in [3.05, 3.63) is 131 Å². The Bertz CT molecular complexity index is 2440. The van der Waals surface area contributed by atoms with Gasteiger partial charge in [-0.05, 0) is 109 Å². The fraction of sp³-hybridized carbons (Fsp3) is 0.492. The van der Waals surface area contributed by atoms with Crippen LogP contribution in [0.4, 0.5) is 0 Å². The van der Waals surface area contributed by atoms with Crippen LogP contribution in [0.15, 0.2) is 103 Å². The van der Waals surface area contributed by atoms with E-state index in [-0.39, 0.29) is 13.0 Å². The third-order valence-electron chi connectivity index (χ3n) is 14.0. The zero-order valence-corrected chi connectivity index (χ0v) is 46.1. The summed E-state index contributed by atoms with van der Waals surface area (Å²) in [5, 5.41) is 22.2. The largest absolute Gasteiger partial charge is 0.493 e. The SMILES string of the molecule is CCCCCOc1cc(C=CC(=O)OCCCCCCCCc2ccccc2C(N)(CCCCCCCCOC(=O)C=Cc2ccc(OC)c(OCCCCC)c2)C(C(=O)O)(C(=O)O)C(N)c2ccccc2)ccc1OC. The highest BCUT2D eigenvalue weighted by atomic mass is 16.5. The van der Waals surface area contributed by atoms with Crippen molar-refractivity contribution in [3.63, 3.8) is 0 Å². The number of ether oxygens (including phenoxy) is 6. The summed E-state index contributed by atoms with van der Waals surface area (Å²) in [5.74, 6) is -1.52. The topological polar surface area (TPSA) is 216 Å². The number of nitrogens with two attached hydrogens (primary N) is 2. The minimum Gasteiger partial charge on any atom is -0.493 e. The predicted octanol–water partition coefficient (Wildman–Crippen LogP) is 13.0. The van der Waals surface area contributed by atoms with Gasteiger partial charge in [-0.25, -0.2) is 9.59 Å². The van der Waals surface area contributed by atoms with Gasteiger partial charge < -0.3 is 50.1 Å². The van der Waals surface area contributed by atoms with Gasteiger partial charge in [0.25, 0.3) is 0 Å². The van der Waals surface area contributed by atoms with Gasteiger partial charge in [0.1, 0.15) is 0 Å². The third kappa shape index (κ3) is 19.7. The molecular weight excluding hydrogens is 977 g/mol. The first kappa shape index (κ1) is 62.9. The van der Waals surface area contributed by atoms with Crippen molar-refractivity contribution in [1.29, 1.82) is 0 Å². The average molecular weight is 1060 g/mol. The molecule has 0 saturated heterocycles. The maximum Gasteiger partial charge on any atom is 0.330 e. The van der Waals surface area contributed by atoms with E-state index in [2.05, 4.69) is 13.8 Å². The van der Waals surface area contributed by atoms with E-state index in [1.54, 1.807) is 68.8 Å². The lowest BCUT2D eigenvalue weighted by Gasteiger charge is -2.47. The van der Waals surface area contributed by atoms with Crippen LogP contribution in [0.25, 0.3) is 12.2 Å². The smallest absolute Gasteiger partial charge is 0.330 e. The molecule has 14 nitrogen and oxygen atoms in total. The second-order valence-corrected chi connectivity index (χ2v) is 19.6. The van der Waals surface area contributed by atoms with E-state index in [0.717, 1.165) is 113 Å². The summed E-state index contributed by atoms with van der Waals surface area (Å²) < 4.78 is 33.6. The molecule has 4 rings (SSSR count). The highest BCUT2D eigenvalue weighted by Crippen LogP contribution is 2.51. The number of hydrogen-bond donors (Lipinski definition) is 4. The molecule has 4 aromatic carbocycles. The highest BCUT2D eigenvalue weighted by molar-refractivity contribution is 6.01. The Hall–Kier alpha value is -6.64. The monoisotopic (exact) mass is 1060 g/mol. The van der Waals surface area contributed by atoms with Gasteiger partial charge in [0.15, 0.2) is 23.0 Å². The van der Waals surface area contributed by atoms with E-state index in [0.29, 0.717) is 79.6 Å². The van der Waals surface area contributed by atoms with Crippen molar-refractivity contribution < 1.29 is 57.8 Å². The molecule has 0 aliphatic rings. The minimum atomic E-state index is -2.62. The van der Waals surface area contributed by atoms with Gasteiger partial charge in [-0.1, -0.05) is 164 Å². The molecule has 0 aliphatic carbocycles. The zero-order chi connectivity index (χ0) is 55.7. The van der Waals surface area contributed by atoms with E-state index < -0.39 is 40.9 Å². The summed E-state index contributed by atoms with van der Waals surface area (Å²) >= 11 is 0. The van der Waals surface area contributed by atoms with Crippen molar-refractivity contribution in [2.45, 2.75) is 154 Å². The van der Waals surface area contributed by atoms with E-state index in [4.69, 9.17) is 39.9 Å². The van der Waals surface area contributed by atoms with Crippen molar-refractivity contribution in [2.75, 3.05) is 40.6 Å². The second kappa shape index (κ2) is 34.9. The third-order valence-corrected chi connectivity index (χ3v) is 14.0. The number of esters is 2. The molecule has 2 unspecified atom stereocenters. The van der Waals surface area contributed by atoms with Gasteiger partial charge >= 0.3 is 23.9 Å². The van der Waals surface area contributed by atoms with Gasteiger partial charge in [-0.15, -0.1) is 0 Å². The Labute approximate surface area is 457 Å². The van der Waals surface area contributed by atoms with E-state index in [9.17, 15) is 29.4 Å². The van der Waals surface area contributed by atoms with Crippen LogP contribution in [0.3, 0.4) is 0 Å². The van der Waals surface area contributed by atoms with Crippen LogP contribution in [0.1, 0.15) is 170 Å². The predicted molar refractivity (Wildman–Crippen MR) is 303 cm³/mol. The lowest BCUT2D eigenvalue weighted by Crippen LogP contribution is -2.65. The fourth-order valence-corrected chi connectivity index (χ4v) is 9.64. The summed E-state index contributed by atoms with van der Waals surface area (Å²) in [4.78, 5) is 52.4. The molecule has 0 spiro atoms. The number of carboxylic acid groups (broad SMARTS) is 2. The zero-order valence-electron chi connectivity index (χ0n) is 46.1. The molecular formula is C63H86N2O12. The van der Waals surface area contributed by atoms with E-state index in [1.807, 2.05) is 48.5 Å². The van der Waals surface area contributed by atoms with Crippen LogP contribution < -0.4 is 30.4 Å². The fourth-order valence-electron chi connectivity index (χ4n) is 9.64. The van der Waals surface area contributed by atoms with Gasteiger partial charge in [0.05, 0.1) is 52.2 Å². The maximum atomic E-state index is 13.7. The van der Waals surface area contributed by atoms with Gasteiger partial charge in [0, 0.05) is 12.2 Å². The number of unbranched alkanes of at least 4 members (excludes halogenated alkanes) is 14. The number of aliphatic carboxylic acids is 2. The van der Waals surface area contributed by atoms with Crippen LogP contribution >= 0.6 is 0 Å². The summed E-state index contributed by atoms with van der Waals surface area (Å²) in [7, 11) is 3.19. The molecule has 0 bridgehead atoms. The van der Waals surface area contributed by atoms with Crippen LogP contribution in [-0.4, -0.2) is 74.7 Å². The maximum absolute atomic E-state index is 13.7. The summed E-state index contributed by atoms with van der Waals surface area (Å²) in [6, 6.07) is 25.3. The summed E-state index contributed by atoms with van der Waals surface area (Å²) in [6.07, 6.45) is 22.4. The minimum absolute atomic E-state index is 0.0602. The molecule has 77 heavy (non-hydrogen) atoms. The molecule has 14 heteroatoms. The lowest BCUT2D eigenvalue weighted by atomic mass is 9.58. The van der Waals surface area contributed by atoms with Crippen molar-refractivity contribution in [3.8, 4) is 23.0 Å². The van der Waals surface area contributed by atoms with Crippen molar-refractivity contribution in [1.82, 2.24) is 0 Å². The molecule has 0 amide bonds. The van der Waals surface area contributed by atoms with Crippen LogP contribution in [0.2, 0.25) is 0 Å². The molecule has 4 aromatic rings. The van der Waals surface area contributed by atoms with Gasteiger partial charge in [-0.2, -0.15) is 0 Å². The molecule has 0 fully saturated rings. The number of methoxy groups -OCH3 is 2. The molecule has 0 radical (unpaired) electrons. The Morgan fingerprint density at radius 1 is 0.532 bits per heavy atom. The lowest BCUT2D eigenvalue weighted by molar-refractivity contribution is -0.174. The van der Waals surface area contributed by atoms with Crippen LogP contribution in [0, 0.1) is 5.41 Å². The second-order valence-electron chi connectivity index (χ2n) is 19.6. The number of aryl methyl sites for hydroxylation is 1. The Balaban J connectivity index is 1.29. The molecule has 0 saturated carbocycles. The number of carbonyl (C=O) groups excluding carboxylic acids is 2. The summed E-state index contributed by atoms with van der Waals surface area (Å²) in [6.45, 7) is 6.02. The van der Waals surface area contributed by atoms with Gasteiger partial charge in [0.2, 0.25) is 5.41 Å². The van der Waals surface area contributed by atoms with Crippen molar-refractivity contribution in [2.24, 2.45) is 16.9 Å². The number of rotatable bonds is 40. The summed E-state index contributed by atoms with van der Waals surface area (Å²) in [5.41, 5.74) is 12.9. The highest BCUT2D eigenvalue weighted by Gasteiger charge is 2.65. The Kier molecular flexibility index (Phi) is 28.5. The molecule has 6 N–H and O–H groups in total. The Morgan fingerprint density at radius 2 is 0.974 bits per heavy atom. The standard InChI is InChI=1S/C63H86N2O12/c1-5-7-24-42-74-55-46-48(33-37-53(55)72-3)35-39-57(66)76-44-26-15-11-9-13-18-28-50-29-21-22-32-52(50)62(65,63(60(68)69,61(70)71)59(64)51-30-19-17-20-31-51)41-23-14-10-12-16-27-45-77-58(67)40-36-49-34-38-54(73-4)56(47-49)75-43-25-8-6-2/h17,19-22,29-40,46-47,59H,5-16,18,23-28,41-45,64-65H2,1-4H3,(H,68,69)(H,70,71). The molecule has 420 valence electrons. The first-order valence-corrected chi connectivity index (χ1v) is 27.8. The van der Waals surface area contributed by atoms with Crippen LogP contribution in [0.5, 0.6) is 23.0 Å². The molecule has 0 aliphatic heterocycles. The number of carbonyl (C=O) groups is 4. The van der Waals surface area contributed by atoms with E-state index in [1.165, 1.54) is 12.2 Å². The average Bonchev–Trinajstić information content (AvgIpc) is 3.50. The first-order chi connectivity index (χ1) is 37.4. The molecule has 2 atom stereocenters. The first-order valence-electron chi connectivity index (χ1n) is 27.8. The normalized spacial score (nSPS) is 12.8.